The number of hydrogen-bond donors (Lipinski definition) is 0. The molecule has 0 saturated carbocycles. The summed E-state index contributed by atoms with van der Waals surface area (Å²) in [7, 11) is 0. The summed E-state index contributed by atoms with van der Waals surface area (Å²) in [6.07, 6.45) is 5.09. The molecule has 1 aliphatic carbocycles. The number of allylic oxidation sites excluding steroid dienone is 3. The van der Waals surface area contributed by atoms with Crippen LogP contribution in [-0.2, 0) is 0 Å². The number of piperidine rings is 1. The second-order valence-corrected chi connectivity index (χ2v) is 7.46. The number of halogens is 1. The van der Waals surface area contributed by atoms with Gasteiger partial charge in [0, 0.05) is 35.2 Å². The van der Waals surface area contributed by atoms with Crippen molar-refractivity contribution in [2.24, 2.45) is 5.92 Å². The standard InChI is InChI=1S/C23H20ClNO2/c1-15-12-22(16(2)27-15)23(26)25-11-10-21-18(8-9-19(21)14-25)7-6-17-4-3-5-20(24)13-17/h3-5,8-9,12-13,21H,10-11,14H2,1-2H3. The molecule has 2 heterocycles. The molecular weight excluding hydrogens is 358 g/mol. The minimum absolute atomic E-state index is 0.0437. The maximum absolute atomic E-state index is 12.8. The number of furan rings is 1. The normalized spacial score (nSPS) is 18.3. The fourth-order valence-electron chi connectivity index (χ4n) is 3.74. The van der Waals surface area contributed by atoms with E-state index >= 15 is 0 Å². The molecule has 1 saturated heterocycles. The van der Waals surface area contributed by atoms with Crippen LogP contribution >= 0.6 is 11.6 Å². The van der Waals surface area contributed by atoms with Gasteiger partial charge in [-0.25, -0.2) is 0 Å². The molecule has 1 atom stereocenters. The Balaban J connectivity index is 1.45. The number of nitrogens with zero attached hydrogens (tertiary/aromatic N) is 1. The molecule has 1 aliphatic heterocycles. The summed E-state index contributed by atoms with van der Waals surface area (Å²) in [6.45, 7) is 5.07. The number of hydrogen-bond acceptors (Lipinski definition) is 2. The Hall–Kier alpha value is -2.70. The van der Waals surface area contributed by atoms with Crippen molar-refractivity contribution in [1.82, 2.24) is 4.90 Å². The molecule has 0 N–H and O–H groups in total. The maximum atomic E-state index is 12.8. The van der Waals surface area contributed by atoms with E-state index in [1.807, 2.05) is 49.1 Å². The number of carbonyl (C=O) groups is 1. The second-order valence-electron chi connectivity index (χ2n) is 7.02. The Morgan fingerprint density at radius 2 is 2.07 bits per heavy atom. The third-order valence-corrected chi connectivity index (χ3v) is 5.33. The number of carbonyl (C=O) groups excluding carboxylic acids is 1. The number of aryl methyl sites for hydroxylation is 2. The van der Waals surface area contributed by atoms with Crippen molar-refractivity contribution in [1.29, 1.82) is 0 Å². The fraction of sp³-hybridized carbons (Fsp3) is 0.261. The van der Waals surface area contributed by atoms with Crippen molar-refractivity contribution in [3.05, 3.63) is 81.3 Å². The lowest BCUT2D eigenvalue weighted by atomic mass is 9.88. The number of rotatable bonds is 1. The summed E-state index contributed by atoms with van der Waals surface area (Å²) in [5.74, 6) is 8.31. The summed E-state index contributed by atoms with van der Waals surface area (Å²) in [6, 6.07) is 9.40. The predicted molar refractivity (Wildman–Crippen MR) is 107 cm³/mol. The number of fused-ring (bicyclic) bond motifs is 1. The van der Waals surface area contributed by atoms with Gasteiger partial charge in [0.2, 0.25) is 0 Å². The van der Waals surface area contributed by atoms with Gasteiger partial charge in [-0.05, 0) is 56.2 Å². The van der Waals surface area contributed by atoms with Crippen LogP contribution in [0.5, 0.6) is 0 Å². The van der Waals surface area contributed by atoms with Gasteiger partial charge in [0.15, 0.2) is 0 Å². The van der Waals surface area contributed by atoms with Crippen LogP contribution < -0.4 is 0 Å². The van der Waals surface area contributed by atoms with E-state index < -0.39 is 0 Å². The van der Waals surface area contributed by atoms with Crippen LogP contribution in [0.1, 0.15) is 33.9 Å². The van der Waals surface area contributed by atoms with Gasteiger partial charge in [-0.15, -0.1) is 0 Å². The minimum Gasteiger partial charge on any atom is -0.466 e. The van der Waals surface area contributed by atoms with Crippen LogP contribution in [0.4, 0.5) is 0 Å². The molecule has 1 fully saturated rings. The molecule has 2 aliphatic rings. The molecule has 1 aromatic carbocycles. The molecule has 1 aromatic heterocycles. The molecule has 4 heteroatoms. The minimum atomic E-state index is 0.0437. The van der Waals surface area contributed by atoms with E-state index in [0.29, 0.717) is 28.8 Å². The van der Waals surface area contributed by atoms with Crippen molar-refractivity contribution in [3.63, 3.8) is 0 Å². The van der Waals surface area contributed by atoms with Gasteiger partial charge in [0.25, 0.3) is 5.91 Å². The molecule has 3 nitrogen and oxygen atoms in total. The van der Waals surface area contributed by atoms with Crippen molar-refractivity contribution < 1.29 is 9.21 Å². The first kappa shape index (κ1) is 17.7. The van der Waals surface area contributed by atoms with Crippen molar-refractivity contribution >= 4 is 17.5 Å². The fourth-order valence-corrected chi connectivity index (χ4v) is 3.93. The van der Waals surface area contributed by atoms with Crippen LogP contribution in [0, 0.1) is 31.6 Å². The first-order valence-electron chi connectivity index (χ1n) is 9.06. The molecule has 2 aromatic rings. The summed E-state index contributed by atoms with van der Waals surface area (Å²) in [5, 5.41) is 0.692. The second kappa shape index (κ2) is 7.13. The topological polar surface area (TPSA) is 33.5 Å². The van der Waals surface area contributed by atoms with Gasteiger partial charge in [0.1, 0.15) is 11.5 Å². The Labute approximate surface area is 164 Å². The van der Waals surface area contributed by atoms with Gasteiger partial charge in [-0.2, -0.15) is 0 Å². The smallest absolute Gasteiger partial charge is 0.257 e. The van der Waals surface area contributed by atoms with E-state index in [-0.39, 0.29) is 5.91 Å². The number of likely N-dealkylation sites (tertiary alicyclic amines) is 1. The average Bonchev–Trinajstić information content (AvgIpc) is 3.21. The SMILES string of the molecule is Cc1cc(C(=O)N2CCC3C(C#Cc4cccc(Cl)c4)=CC=C3C2)c(C)o1. The Morgan fingerprint density at radius 1 is 1.22 bits per heavy atom. The first-order valence-corrected chi connectivity index (χ1v) is 9.43. The molecule has 4 rings (SSSR count). The van der Waals surface area contributed by atoms with Gasteiger partial charge < -0.3 is 9.32 Å². The van der Waals surface area contributed by atoms with E-state index in [4.69, 9.17) is 16.0 Å². The van der Waals surface area contributed by atoms with Gasteiger partial charge in [-0.3, -0.25) is 4.79 Å². The number of benzene rings is 1. The predicted octanol–water partition coefficient (Wildman–Crippen LogP) is 4.93. The van der Waals surface area contributed by atoms with Gasteiger partial charge in [-0.1, -0.05) is 35.6 Å². The summed E-state index contributed by atoms with van der Waals surface area (Å²) >= 11 is 6.02. The highest BCUT2D eigenvalue weighted by molar-refractivity contribution is 6.30. The molecule has 0 spiro atoms. The highest BCUT2D eigenvalue weighted by Gasteiger charge is 2.32. The zero-order valence-electron chi connectivity index (χ0n) is 15.4. The molecule has 27 heavy (non-hydrogen) atoms. The lowest BCUT2D eigenvalue weighted by Gasteiger charge is -2.32. The molecule has 0 bridgehead atoms. The third kappa shape index (κ3) is 3.59. The highest BCUT2D eigenvalue weighted by Crippen LogP contribution is 2.34. The maximum Gasteiger partial charge on any atom is 0.257 e. The van der Waals surface area contributed by atoms with Crippen molar-refractivity contribution in [2.45, 2.75) is 20.3 Å². The van der Waals surface area contributed by atoms with E-state index in [2.05, 4.69) is 24.0 Å². The lowest BCUT2D eigenvalue weighted by molar-refractivity contribution is 0.0740. The zero-order valence-corrected chi connectivity index (χ0v) is 16.1. The average molecular weight is 378 g/mol. The molecule has 0 radical (unpaired) electrons. The van der Waals surface area contributed by atoms with Gasteiger partial charge >= 0.3 is 0 Å². The van der Waals surface area contributed by atoms with Crippen molar-refractivity contribution in [3.8, 4) is 11.8 Å². The molecule has 136 valence electrons. The largest absolute Gasteiger partial charge is 0.466 e. The van der Waals surface area contributed by atoms with Gasteiger partial charge in [0.05, 0.1) is 5.56 Å². The van der Waals surface area contributed by atoms with E-state index in [9.17, 15) is 4.79 Å². The monoisotopic (exact) mass is 377 g/mol. The van der Waals surface area contributed by atoms with Crippen LogP contribution in [0.25, 0.3) is 0 Å². The molecular formula is C23H20ClNO2. The summed E-state index contributed by atoms with van der Waals surface area (Å²) < 4.78 is 5.51. The highest BCUT2D eigenvalue weighted by atomic mass is 35.5. The van der Waals surface area contributed by atoms with E-state index in [1.165, 1.54) is 5.57 Å². The van der Waals surface area contributed by atoms with Crippen LogP contribution in [0.2, 0.25) is 5.02 Å². The van der Waals surface area contributed by atoms with E-state index in [0.717, 1.165) is 29.9 Å². The Bertz CT molecular complexity index is 1030. The summed E-state index contributed by atoms with van der Waals surface area (Å²) in [5.41, 5.74) is 3.95. The Morgan fingerprint density at radius 3 is 2.81 bits per heavy atom. The molecule has 1 unspecified atom stereocenters. The van der Waals surface area contributed by atoms with E-state index in [1.54, 1.807) is 0 Å². The van der Waals surface area contributed by atoms with Crippen LogP contribution in [0.15, 0.2) is 58.0 Å². The lowest BCUT2D eigenvalue weighted by Crippen LogP contribution is -2.39. The van der Waals surface area contributed by atoms with Crippen LogP contribution in [-0.4, -0.2) is 23.9 Å². The van der Waals surface area contributed by atoms with Crippen molar-refractivity contribution in [2.75, 3.05) is 13.1 Å². The quantitative estimate of drug-likeness (QED) is 0.660. The summed E-state index contributed by atoms with van der Waals surface area (Å²) in [4.78, 5) is 14.7. The number of amides is 1. The first-order chi connectivity index (χ1) is 13.0. The Kier molecular flexibility index (Phi) is 4.68. The molecule has 1 amide bonds. The zero-order chi connectivity index (χ0) is 19.0. The van der Waals surface area contributed by atoms with Crippen LogP contribution in [0.3, 0.4) is 0 Å². The third-order valence-electron chi connectivity index (χ3n) is 5.10.